The number of nitrogens with zero attached hydrogens (tertiary/aromatic N) is 1. The maximum Gasteiger partial charge on any atom is 0.288 e. The number of thiazole rings is 1. The highest BCUT2D eigenvalue weighted by molar-refractivity contribution is 7.17. The molecule has 2 aromatic carbocycles. The van der Waals surface area contributed by atoms with Crippen molar-refractivity contribution >= 4 is 28.1 Å². The van der Waals surface area contributed by atoms with Gasteiger partial charge in [-0.05, 0) is 6.92 Å². The summed E-state index contributed by atoms with van der Waals surface area (Å²) in [5.74, 6) is -26.1. The van der Waals surface area contributed by atoms with Crippen LogP contribution in [0.25, 0.3) is 0 Å². The Balaban J connectivity index is 2.03. The van der Waals surface area contributed by atoms with Crippen LogP contribution in [0.2, 0.25) is 0 Å². The Bertz CT molecular complexity index is 1600. The molecule has 0 radical (unpaired) electrons. The third kappa shape index (κ3) is 5.87. The van der Waals surface area contributed by atoms with E-state index in [1.54, 1.807) is 0 Å². The van der Waals surface area contributed by atoms with Gasteiger partial charge >= 0.3 is 0 Å². The number of phenolic OH excluding ortho intramolecular Hbond substituents is 8. The van der Waals surface area contributed by atoms with Crippen LogP contribution in [0.3, 0.4) is 0 Å². The molecule has 1 amide bonds. The molecule has 0 saturated heterocycles. The van der Waals surface area contributed by atoms with E-state index in [0.29, 0.717) is 11.3 Å². The summed E-state index contributed by atoms with van der Waals surface area (Å²) in [6.45, 7) is 0.968. The molecule has 1 unspecified atom stereocenters. The largest absolute Gasteiger partial charge is 0.504 e. The second kappa shape index (κ2) is 11.6. The Kier molecular flexibility index (Phi) is 8.96. The summed E-state index contributed by atoms with van der Waals surface area (Å²) < 4.78 is 4.81. The van der Waals surface area contributed by atoms with Gasteiger partial charge in [-0.1, -0.05) is 11.3 Å². The number of nitrogens with two attached hydrogens (primary N) is 1. The minimum Gasteiger partial charge on any atom is -0.504 e. The average Bonchev–Trinajstić information content (AvgIpc) is 3.24. The molecule has 0 aliphatic heterocycles. The zero-order chi connectivity index (χ0) is 34.6. The number of carbonyl (C=O) groups excluding carboxylic acids is 1. The van der Waals surface area contributed by atoms with Crippen LogP contribution in [-0.2, 0) is 21.7 Å². The van der Waals surface area contributed by atoms with E-state index in [2.05, 4.69) is 4.98 Å². The Morgan fingerprint density at radius 3 is 1.82 bits per heavy atom. The highest BCUT2D eigenvalue weighted by Crippen LogP contribution is 2.55. The number of methoxy groups -OCH3 is 1. The number of phenols is 8. The molecule has 3 aromatic rings. The van der Waals surface area contributed by atoms with Crippen molar-refractivity contribution in [2.75, 3.05) is 18.2 Å². The summed E-state index contributed by atoms with van der Waals surface area (Å²) in [6, 6.07) is 0. The fourth-order valence-electron chi connectivity index (χ4n) is 4.18. The number of nitrogens with one attached hydrogen (secondary N) is 2. The second-order valence-corrected chi connectivity index (χ2v) is 10.4. The summed E-state index contributed by atoms with van der Waals surface area (Å²) in [5.41, 5.74) is 0.624. The number of carbonyl (C=O) groups is 1. The van der Waals surface area contributed by atoms with Gasteiger partial charge in [0, 0.05) is 18.2 Å². The molecule has 0 aliphatic carbocycles. The number of aliphatic hydroxyl groups is 6. The van der Waals surface area contributed by atoms with Gasteiger partial charge < -0.3 is 92.4 Å². The highest BCUT2D eigenvalue weighted by Gasteiger charge is 2.58. The van der Waals surface area contributed by atoms with Crippen LogP contribution in [0.15, 0.2) is 0 Å². The maximum absolute atomic E-state index is 12.4. The van der Waals surface area contributed by atoms with Crippen LogP contribution in [0.4, 0.5) is 10.8 Å². The molecule has 0 saturated carbocycles. The number of benzene rings is 2. The molecule has 21 nitrogen and oxygen atoms in total. The molecule has 19 N–H and O–H groups in total. The molecule has 3 rings (SSSR count). The third-order valence-electron chi connectivity index (χ3n) is 6.43. The first-order valence-electron chi connectivity index (χ1n) is 11.9. The summed E-state index contributed by atoms with van der Waals surface area (Å²) in [6.07, 6.45) is -3.23. The van der Waals surface area contributed by atoms with Crippen molar-refractivity contribution in [3.05, 3.63) is 22.4 Å². The predicted octanol–water partition coefficient (Wildman–Crippen LogP) is -3.04. The van der Waals surface area contributed by atoms with E-state index < -0.39 is 109 Å². The van der Waals surface area contributed by atoms with E-state index in [1.165, 1.54) is 0 Å². The maximum atomic E-state index is 12.4. The number of anilines is 2. The summed E-state index contributed by atoms with van der Waals surface area (Å²) in [7, 11) is 0.723. The molecular weight excluding hydrogens is 636 g/mol. The Hall–Kier alpha value is -4.78. The van der Waals surface area contributed by atoms with Gasteiger partial charge in [-0.2, -0.15) is 0 Å². The van der Waals surface area contributed by atoms with Crippen molar-refractivity contribution in [3.63, 3.8) is 0 Å². The van der Waals surface area contributed by atoms with E-state index >= 15 is 0 Å². The Morgan fingerprint density at radius 2 is 1.36 bits per heavy atom. The molecule has 1 aromatic heterocycles. The Morgan fingerprint density at radius 1 is 0.844 bits per heavy atom. The van der Waals surface area contributed by atoms with E-state index in [0.717, 1.165) is 19.4 Å². The van der Waals surface area contributed by atoms with Crippen LogP contribution >= 0.6 is 11.3 Å². The molecule has 22 heteroatoms. The predicted molar refractivity (Wildman–Crippen MR) is 145 cm³/mol. The zero-order valence-electron chi connectivity index (χ0n) is 22.7. The fraction of sp³-hybridized carbons (Fsp3) is 0.304. The molecular formula is C23H28N4O17S. The zero-order valence-corrected chi connectivity index (χ0v) is 23.6. The van der Waals surface area contributed by atoms with Gasteiger partial charge in [-0.25, -0.2) is 10.3 Å². The molecule has 248 valence electrons. The van der Waals surface area contributed by atoms with Gasteiger partial charge in [-0.3, -0.25) is 4.79 Å². The van der Waals surface area contributed by atoms with Crippen molar-refractivity contribution in [3.8, 4) is 51.1 Å². The lowest BCUT2D eigenvalue weighted by atomic mass is 9.94. The smallest absolute Gasteiger partial charge is 0.288 e. The number of aromatic nitrogens is 1. The molecule has 0 fully saturated rings. The van der Waals surface area contributed by atoms with Crippen molar-refractivity contribution < 1.29 is 86.1 Å². The number of aromatic hydroxyl groups is 9. The standard InChI is InChI=1S/C23H28N4O17S/c1-4-7(11(30)17(36)16(35)10(4)29)18(44-2)22(40,41)27-23(42,43)21(38,39)8-12(31)14(33)9(15(34)13(8)32)26-6(28)3-5-19(37)45-20(24)25-5/h18,27,29-43H,3H2,1-2H3,(H2,24,25)(H,26,28). The van der Waals surface area contributed by atoms with Crippen molar-refractivity contribution in [2.24, 2.45) is 0 Å². The van der Waals surface area contributed by atoms with Crippen LogP contribution < -0.4 is 16.4 Å². The quantitative estimate of drug-likeness (QED) is 0.0581. The monoisotopic (exact) mass is 664 g/mol. The van der Waals surface area contributed by atoms with Crippen molar-refractivity contribution in [1.82, 2.24) is 10.3 Å². The average molecular weight is 665 g/mol. The molecule has 0 spiro atoms. The molecule has 1 heterocycles. The van der Waals surface area contributed by atoms with Crippen LogP contribution in [-0.4, -0.2) is 106 Å². The number of amides is 1. The molecule has 0 aliphatic rings. The van der Waals surface area contributed by atoms with Crippen LogP contribution in [0.1, 0.15) is 28.5 Å². The first-order chi connectivity index (χ1) is 20.5. The lowest BCUT2D eigenvalue weighted by molar-refractivity contribution is -0.416. The van der Waals surface area contributed by atoms with E-state index in [9.17, 15) is 81.4 Å². The Labute approximate surface area is 253 Å². The third-order valence-corrected chi connectivity index (χ3v) is 7.15. The molecule has 0 bridgehead atoms. The summed E-state index contributed by atoms with van der Waals surface area (Å²) in [5, 5.41) is 157. The first-order valence-corrected chi connectivity index (χ1v) is 12.7. The summed E-state index contributed by atoms with van der Waals surface area (Å²) >= 11 is 0.611. The molecule has 45 heavy (non-hydrogen) atoms. The lowest BCUT2D eigenvalue weighted by Gasteiger charge is -2.42. The van der Waals surface area contributed by atoms with Crippen molar-refractivity contribution in [1.29, 1.82) is 0 Å². The van der Waals surface area contributed by atoms with Crippen molar-refractivity contribution in [2.45, 2.75) is 37.1 Å². The highest BCUT2D eigenvalue weighted by atomic mass is 32.1. The minimum absolute atomic E-state index is 0.120. The number of ether oxygens (including phenoxy) is 1. The second-order valence-electron chi connectivity index (χ2n) is 9.42. The number of rotatable bonds is 10. The van der Waals surface area contributed by atoms with Crippen LogP contribution in [0.5, 0.6) is 51.1 Å². The first kappa shape index (κ1) is 34.7. The van der Waals surface area contributed by atoms with Gasteiger partial charge in [0.25, 0.3) is 17.6 Å². The van der Waals surface area contributed by atoms with E-state index in [4.69, 9.17) is 10.5 Å². The molecule has 1 atom stereocenters. The number of hydrogen-bond acceptors (Lipinski definition) is 21. The lowest BCUT2D eigenvalue weighted by Crippen LogP contribution is -2.69. The fourth-order valence-corrected chi connectivity index (χ4v) is 4.77. The summed E-state index contributed by atoms with van der Waals surface area (Å²) in [4.78, 5) is 16.1. The van der Waals surface area contributed by atoms with E-state index in [1.807, 2.05) is 5.32 Å². The SMILES string of the molecule is COC(c1c(C)c(O)c(O)c(O)c1O)C(O)(O)NC(O)(O)C(O)(O)c1c(O)c(O)c(NC(=O)Cc2nc(N)sc2O)c(O)c1O. The van der Waals surface area contributed by atoms with Crippen LogP contribution in [0, 0.1) is 6.92 Å². The van der Waals surface area contributed by atoms with Gasteiger partial charge in [0.1, 0.15) is 16.9 Å². The minimum atomic E-state index is -4.56. The topological polar surface area (TPSA) is 393 Å². The van der Waals surface area contributed by atoms with Gasteiger partial charge in [0.05, 0.1) is 6.42 Å². The van der Waals surface area contributed by atoms with Gasteiger partial charge in [0.15, 0.2) is 50.8 Å². The van der Waals surface area contributed by atoms with Gasteiger partial charge in [0.2, 0.25) is 17.4 Å². The van der Waals surface area contributed by atoms with E-state index in [-0.39, 0.29) is 10.8 Å². The number of nitrogen functional groups attached to an aromatic ring is 1. The van der Waals surface area contributed by atoms with Gasteiger partial charge in [-0.15, -0.1) is 0 Å². The number of hydrogen-bond donors (Lipinski definition) is 18. The normalized spacial score (nSPS) is 13.2.